The van der Waals surface area contributed by atoms with Gasteiger partial charge in [0.15, 0.2) is 19.5 Å². The van der Waals surface area contributed by atoms with Gasteiger partial charge < -0.3 is 9.59 Å². The van der Waals surface area contributed by atoms with Crippen LogP contribution in [0.15, 0.2) is 24.3 Å². The molecule has 0 saturated carbocycles. The standard InChI is InChI=1S/C6H10O2Si2/c7-9-5-3-1-2-4-6(5)10-8/h1-4,7-8H,9-10H2. The molecule has 0 aromatic heterocycles. The minimum absolute atomic E-state index is 0.997. The van der Waals surface area contributed by atoms with Crippen molar-refractivity contribution in [1.29, 1.82) is 0 Å². The van der Waals surface area contributed by atoms with Crippen molar-refractivity contribution in [2.24, 2.45) is 0 Å². The van der Waals surface area contributed by atoms with Gasteiger partial charge in [-0.3, -0.25) is 0 Å². The first-order valence-electron chi connectivity index (χ1n) is 3.17. The Hall–Kier alpha value is -0.426. The minimum atomic E-state index is -1.07. The molecule has 0 atom stereocenters. The van der Waals surface area contributed by atoms with Crippen molar-refractivity contribution in [2.75, 3.05) is 0 Å². The number of rotatable bonds is 2. The predicted molar refractivity (Wildman–Crippen MR) is 47.2 cm³/mol. The zero-order valence-electron chi connectivity index (χ0n) is 5.62. The molecule has 0 unspecified atom stereocenters. The van der Waals surface area contributed by atoms with Crippen LogP contribution in [-0.2, 0) is 0 Å². The van der Waals surface area contributed by atoms with Crippen LogP contribution in [0, 0.1) is 0 Å². The van der Waals surface area contributed by atoms with Crippen LogP contribution in [0.2, 0.25) is 0 Å². The van der Waals surface area contributed by atoms with Gasteiger partial charge in [0.25, 0.3) is 0 Å². The van der Waals surface area contributed by atoms with Gasteiger partial charge in [-0.2, -0.15) is 0 Å². The third kappa shape index (κ3) is 1.54. The lowest BCUT2D eigenvalue weighted by molar-refractivity contribution is 0.611. The maximum Gasteiger partial charge on any atom is 0.187 e. The van der Waals surface area contributed by atoms with E-state index < -0.39 is 19.5 Å². The summed E-state index contributed by atoms with van der Waals surface area (Å²) in [6, 6.07) is 7.58. The third-order valence-electron chi connectivity index (χ3n) is 1.46. The van der Waals surface area contributed by atoms with Gasteiger partial charge in [-0.25, -0.2) is 0 Å². The second kappa shape index (κ2) is 3.67. The fourth-order valence-electron chi connectivity index (χ4n) is 0.866. The van der Waals surface area contributed by atoms with Crippen molar-refractivity contribution in [3.05, 3.63) is 24.3 Å². The molecule has 4 heteroatoms. The lowest BCUT2D eigenvalue weighted by Gasteiger charge is -2.00. The van der Waals surface area contributed by atoms with Crippen molar-refractivity contribution < 1.29 is 9.59 Å². The number of hydrogen-bond acceptors (Lipinski definition) is 2. The molecule has 0 heterocycles. The molecule has 0 amide bonds. The molecular formula is C6H10O2Si2. The molecule has 2 nitrogen and oxygen atoms in total. The van der Waals surface area contributed by atoms with Crippen LogP contribution in [-0.4, -0.2) is 29.1 Å². The van der Waals surface area contributed by atoms with Crippen molar-refractivity contribution in [3.63, 3.8) is 0 Å². The summed E-state index contributed by atoms with van der Waals surface area (Å²) in [5.41, 5.74) is 0. The lowest BCUT2D eigenvalue weighted by atomic mass is 10.4. The normalized spacial score (nSPS) is 12.2. The molecule has 1 aromatic carbocycles. The van der Waals surface area contributed by atoms with Crippen LogP contribution in [0.1, 0.15) is 0 Å². The van der Waals surface area contributed by atoms with Crippen LogP contribution in [0.3, 0.4) is 0 Å². The zero-order chi connectivity index (χ0) is 7.40. The lowest BCUT2D eigenvalue weighted by Crippen LogP contribution is -2.35. The summed E-state index contributed by atoms with van der Waals surface area (Å²) in [6.45, 7) is 0. The molecule has 10 heavy (non-hydrogen) atoms. The molecule has 0 radical (unpaired) electrons. The molecule has 0 fully saturated rings. The van der Waals surface area contributed by atoms with E-state index in [-0.39, 0.29) is 0 Å². The van der Waals surface area contributed by atoms with E-state index in [0.717, 1.165) is 10.4 Å². The summed E-state index contributed by atoms with van der Waals surface area (Å²) < 4.78 is 0. The second-order valence-electron chi connectivity index (χ2n) is 2.08. The monoisotopic (exact) mass is 170 g/mol. The highest BCUT2D eigenvalue weighted by atomic mass is 28.2. The summed E-state index contributed by atoms with van der Waals surface area (Å²) in [5, 5.41) is 1.99. The first-order chi connectivity index (χ1) is 4.88. The number of benzene rings is 1. The van der Waals surface area contributed by atoms with Gasteiger partial charge in [0.1, 0.15) is 0 Å². The molecule has 0 saturated heterocycles. The smallest absolute Gasteiger partial charge is 0.187 e. The molecule has 0 aliphatic heterocycles. The van der Waals surface area contributed by atoms with E-state index in [0.29, 0.717) is 0 Å². The van der Waals surface area contributed by atoms with Gasteiger partial charge in [-0.05, 0) is 10.4 Å². The molecule has 0 aliphatic carbocycles. The predicted octanol–water partition coefficient (Wildman–Crippen LogP) is -2.91. The van der Waals surface area contributed by atoms with E-state index >= 15 is 0 Å². The van der Waals surface area contributed by atoms with Gasteiger partial charge in [0.2, 0.25) is 0 Å². The van der Waals surface area contributed by atoms with E-state index in [1.165, 1.54) is 0 Å². The first kappa shape index (κ1) is 7.68. The molecule has 54 valence electrons. The summed E-state index contributed by atoms with van der Waals surface area (Å²) in [7, 11) is -2.15. The van der Waals surface area contributed by atoms with Crippen LogP contribution in [0.4, 0.5) is 0 Å². The van der Waals surface area contributed by atoms with E-state index in [1.807, 2.05) is 24.3 Å². The highest BCUT2D eigenvalue weighted by molar-refractivity contribution is 6.59. The third-order valence-corrected chi connectivity index (χ3v) is 4.02. The largest absolute Gasteiger partial charge is 0.433 e. The van der Waals surface area contributed by atoms with Crippen molar-refractivity contribution in [3.8, 4) is 0 Å². The summed E-state index contributed by atoms with van der Waals surface area (Å²) >= 11 is 0. The molecule has 2 N–H and O–H groups in total. The Labute approximate surface area is 64.4 Å². The van der Waals surface area contributed by atoms with Crippen LogP contribution < -0.4 is 10.4 Å². The highest BCUT2D eigenvalue weighted by Crippen LogP contribution is 1.77. The molecule has 0 spiro atoms. The molecular weight excluding hydrogens is 160 g/mol. The topological polar surface area (TPSA) is 40.5 Å². The average Bonchev–Trinajstić information content (AvgIpc) is 2.04. The van der Waals surface area contributed by atoms with Gasteiger partial charge in [-0.1, -0.05) is 24.3 Å². The van der Waals surface area contributed by atoms with Crippen molar-refractivity contribution >= 4 is 29.9 Å². The summed E-state index contributed by atoms with van der Waals surface area (Å²) in [5.74, 6) is 0. The SMILES string of the molecule is O[SiH2]c1ccccc1[SiH2]O. The molecule has 0 aliphatic rings. The fourth-order valence-corrected chi connectivity index (χ4v) is 2.66. The first-order valence-corrected chi connectivity index (χ1v) is 5.85. The Kier molecular flexibility index (Phi) is 2.82. The van der Waals surface area contributed by atoms with Crippen molar-refractivity contribution in [2.45, 2.75) is 0 Å². The van der Waals surface area contributed by atoms with Crippen molar-refractivity contribution in [1.82, 2.24) is 0 Å². The highest BCUT2D eigenvalue weighted by Gasteiger charge is 1.97. The maximum atomic E-state index is 8.90. The fraction of sp³-hybridized carbons (Fsp3) is 0. The Morgan fingerprint density at radius 2 is 1.30 bits per heavy atom. The Balaban J connectivity index is 2.96. The van der Waals surface area contributed by atoms with Crippen LogP contribution >= 0.6 is 0 Å². The van der Waals surface area contributed by atoms with E-state index in [4.69, 9.17) is 9.59 Å². The molecule has 1 aromatic rings. The van der Waals surface area contributed by atoms with Gasteiger partial charge in [-0.15, -0.1) is 0 Å². The van der Waals surface area contributed by atoms with Gasteiger partial charge in [0.05, 0.1) is 0 Å². The quantitative estimate of drug-likeness (QED) is 0.467. The van der Waals surface area contributed by atoms with E-state index in [2.05, 4.69) is 0 Å². The zero-order valence-corrected chi connectivity index (χ0v) is 8.45. The summed E-state index contributed by atoms with van der Waals surface area (Å²) in [6.07, 6.45) is 0. The molecule has 1 rings (SSSR count). The second-order valence-corrected chi connectivity index (χ2v) is 4.24. The van der Waals surface area contributed by atoms with E-state index in [1.54, 1.807) is 0 Å². The van der Waals surface area contributed by atoms with Crippen LogP contribution in [0.25, 0.3) is 0 Å². The Morgan fingerprint density at radius 3 is 1.60 bits per heavy atom. The van der Waals surface area contributed by atoms with Crippen LogP contribution in [0.5, 0.6) is 0 Å². The van der Waals surface area contributed by atoms with Gasteiger partial charge >= 0.3 is 0 Å². The number of hydrogen-bond donors (Lipinski definition) is 2. The minimum Gasteiger partial charge on any atom is -0.433 e. The maximum absolute atomic E-state index is 8.90. The summed E-state index contributed by atoms with van der Waals surface area (Å²) in [4.78, 5) is 17.8. The Bertz CT molecular complexity index is 192. The average molecular weight is 170 g/mol. The molecule has 0 bridgehead atoms. The Morgan fingerprint density at radius 1 is 0.900 bits per heavy atom. The van der Waals surface area contributed by atoms with Gasteiger partial charge in [0, 0.05) is 0 Å². The van der Waals surface area contributed by atoms with E-state index in [9.17, 15) is 0 Å².